The summed E-state index contributed by atoms with van der Waals surface area (Å²) in [7, 11) is 0. The molecule has 0 heterocycles. The molecule has 0 aromatic heterocycles. The van der Waals surface area contributed by atoms with E-state index >= 15 is 0 Å². The molecular formula is C13H17F3N2O2S. The minimum Gasteiger partial charge on any atom is -0.398 e. The Hall–Kier alpha value is -1.41. The van der Waals surface area contributed by atoms with E-state index < -0.39 is 11.7 Å². The summed E-state index contributed by atoms with van der Waals surface area (Å²) in [5.41, 5.74) is 3.98. The maximum Gasteiger partial charge on any atom is 0.418 e. The van der Waals surface area contributed by atoms with Crippen molar-refractivity contribution in [3.05, 3.63) is 23.8 Å². The van der Waals surface area contributed by atoms with E-state index in [-0.39, 0.29) is 35.6 Å². The van der Waals surface area contributed by atoms with Crippen LogP contribution in [0.1, 0.15) is 18.9 Å². The van der Waals surface area contributed by atoms with Gasteiger partial charge in [-0.15, -0.1) is 0 Å². The highest BCUT2D eigenvalue weighted by atomic mass is 32.2. The molecule has 1 unspecified atom stereocenters. The number of nitrogens with one attached hydrogen (secondary N) is 1. The predicted octanol–water partition coefficient (Wildman–Crippen LogP) is 2.73. The molecule has 0 aliphatic heterocycles. The Kier molecular flexibility index (Phi) is 6.35. The zero-order chi connectivity index (χ0) is 16.0. The number of thioether (sulfide) groups is 1. The number of carbonyl (C=O) groups is 1. The van der Waals surface area contributed by atoms with Gasteiger partial charge in [0, 0.05) is 28.8 Å². The van der Waals surface area contributed by atoms with Crippen molar-refractivity contribution in [3.8, 4) is 0 Å². The normalized spacial score (nSPS) is 13.0. The zero-order valence-electron chi connectivity index (χ0n) is 11.4. The van der Waals surface area contributed by atoms with E-state index in [2.05, 4.69) is 5.32 Å². The predicted molar refractivity (Wildman–Crippen MR) is 78.1 cm³/mol. The lowest BCUT2D eigenvalue weighted by atomic mass is 10.1. The van der Waals surface area contributed by atoms with E-state index in [4.69, 9.17) is 10.8 Å². The first-order chi connectivity index (χ1) is 9.74. The van der Waals surface area contributed by atoms with E-state index in [0.29, 0.717) is 5.75 Å². The van der Waals surface area contributed by atoms with Crippen molar-refractivity contribution >= 4 is 29.0 Å². The first kappa shape index (κ1) is 17.6. The van der Waals surface area contributed by atoms with Crippen LogP contribution in [-0.4, -0.2) is 28.6 Å². The number of anilines is 2. The molecule has 0 spiro atoms. The van der Waals surface area contributed by atoms with Gasteiger partial charge in [-0.05, 0) is 18.2 Å². The van der Waals surface area contributed by atoms with Crippen LogP contribution in [0.25, 0.3) is 0 Å². The van der Waals surface area contributed by atoms with Crippen molar-refractivity contribution in [1.29, 1.82) is 0 Å². The summed E-state index contributed by atoms with van der Waals surface area (Å²) >= 11 is 1.41. The summed E-state index contributed by atoms with van der Waals surface area (Å²) in [5, 5.41) is 11.3. The van der Waals surface area contributed by atoms with Crippen LogP contribution in [0.2, 0.25) is 0 Å². The van der Waals surface area contributed by atoms with E-state index in [1.807, 2.05) is 6.92 Å². The molecule has 1 atom stereocenters. The summed E-state index contributed by atoms with van der Waals surface area (Å²) < 4.78 is 38.0. The molecule has 0 aliphatic carbocycles. The van der Waals surface area contributed by atoms with Gasteiger partial charge >= 0.3 is 6.18 Å². The van der Waals surface area contributed by atoms with E-state index in [1.165, 1.54) is 17.8 Å². The van der Waals surface area contributed by atoms with Gasteiger partial charge in [0.25, 0.3) is 0 Å². The van der Waals surface area contributed by atoms with Crippen LogP contribution < -0.4 is 11.1 Å². The third-order valence-corrected chi connectivity index (χ3v) is 3.79. The second kappa shape index (κ2) is 7.56. The number of amides is 1. The average molecular weight is 322 g/mol. The second-order valence-corrected chi connectivity index (χ2v) is 6.01. The summed E-state index contributed by atoms with van der Waals surface area (Å²) in [6.07, 6.45) is -4.40. The number of hydrogen-bond donors (Lipinski definition) is 3. The Bertz CT molecular complexity index is 495. The van der Waals surface area contributed by atoms with Crippen molar-refractivity contribution < 1.29 is 23.1 Å². The van der Waals surface area contributed by atoms with E-state index in [0.717, 1.165) is 12.1 Å². The Balaban J connectivity index is 2.61. The van der Waals surface area contributed by atoms with Gasteiger partial charge in [-0.1, -0.05) is 6.92 Å². The summed E-state index contributed by atoms with van der Waals surface area (Å²) in [5.74, 6) is 0.0971. The molecular weight excluding hydrogens is 305 g/mol. The molecule has 4 N–H and O–H groups in total. The number of nitrogen functional groups attached to an aromatic ring is 1. The van der Waals surface area contributed by atoms with Crippen molar-refractivity contribution in [1.82, 2.24) is 0 Å². The highest BCUT2D eigenvalue weighted by molar-refractivity contribution is 7.99. The number of rotatable bonds is 6. The van der Waals surface area contributed by atoms with Crippen molar-refractivity contribution in [2.24, 2.45) is 0 Å². The van der Waals surface area contributed by atoms with Gasteiger partial charge in [-0.25, -0.2) is 0 Å². The quantitative estimate of drug-likeness (QED) is 0.704. The van der Waals surface area contributed by atoms with Crippen LogP contribution in [0, 0.1) is 0 Å². The number of aliphatic hydroxyl groups is 1. The van der Waals surface area contributed by atoms with Gasteiger partial charge in [-0.2, -0.15) is 24.9 Å². The summed E-state index contributed by atoms with van der Waals surface area (Å²) in [4.78, 5) is 11.6. The maximum atomic E-state index is 12.7. The van der Waals surface area contributed by atoms with Crippen molar-refractivity contribution in [3.63, 3.8) is 0 Å². The molecule has 0 bridgehead atoms. The molecule has 118 valence electrons. The standard InChI is InChI=1S/C13H17F3N2O2S/c1-8(7-19)21-5-4-12(20)18-9-2-3-11(17)10(6-9)13(14,15)16/h2-3,6,8,19H,4-5,7,17H2,1H3,(H,18,20). The van der Waals surface area contributed by atoms with Crippen molar-refractivity contribution in [2.45, 2.75) is 24.8 Å². The van der Waals surface area contributed by atoms with E-state index in [1.54, 1.807) is 0 Å². The SMILES string of the molecule is CC(CO)SCCC(=O)Nc1ccc(N)c(C(F)(F)F)c1. The molecule has 0 saturated heterocycles. The molecule has 0 radical (unpaired) electrons. The number of alkyl halides is 3. The van der Waals surface area contributed by atoms with Gasteiger partial charge in [0.2, 0.25) is 5.91 Å². The first-order valence-electron chi connectivity index (χ1n) is 6.23. The fourth-order valence-corrected chi connectivity index (χ4v) is 2.32. The molecule has 1 aromatic carbocycles. The average Bonchev–Trinajstić information content (AvgIpc) is 2.39. The van der Waals surface area contributed by atoms with Gasteiger partial charge < -0.3 is 16.2 Å². The highest BCUT2D eigenvalue weighted by Crippen LogP contribution is 2.35. The van der Waals surface area contributed by atoms with Crippen LogP contribution in [-0.2, 0) is 11.0 Å². The maximum absolute atomic E-state index is 12.7. The van der Waals surface area contributed by atoms with Crippen LogP contribution in [0.4, 0.5) is 24.5 Å². The topological polar surface area (TPSA) is 75.3 Å². The molecule has 1 aromatic rings. The zero-order valence-corrected chi connectivity index (χ0v) is 12.2. The molecule has 0 fully saturated rings. The lowest BCUT2D eigenvalue weighted by molar-refractivity contribution is -0.136. The molecule has 0 aliphatic rings. The molecule has 8 heteroatoms. The monoisotopic (exact) mass is 322 g/mol. The number of halogens is 3. The van der Waals surface area contributed by atoms with Gasteiger partial charge in [0.1, 0.15) is 0 Å². The molecule has 21 heavy (non-hydrogen) atoms. The highest BCUT2D eigenvalue weighted by Gasteiger charge is 2.33. The number of hydrogen-bond acceptors (Lipinski definition) is 4. The molecule has 4 nitrogen and oxygen atoms in total. The van der Waals surface area contributed by atoms with Gasteiger partial charge in [-0.3, -0.25) is 4.79 Å². The fraction of sp³-hybridized carbons (Fsp3) is 0.462. The summed E-state index contributed by atoms with van der Waals surface area (Å²) in [6, 6.07) is 3.25. The Morgan fingerprint density at radius 2 is 2.14 bits per heavy atom. The third kappa shape index (κ3) is 5.84. The van der Waals surface area contributed by atoms with Crippen LogP contribution in [0.3, 0.4) is 0 Å². The molecule has 1 rings (SSSR count). The lowest BCUT2D eigenvalue weighted by Crippen LogP contribution is -2.15. The number of aliphatic hydroxyl groups excluding tert-OH is 1. The van der Waals surface area contributed by atoms with Crippen LogP contribution >= 0.6 is 11.8 Å². The number of carbonyl (C=O) groups excluding carboxylic acids is 1. The minimum atomic E-state index is -4.56. The van der Waals surface area contributed by atoms with Crippen molar-refractivity contribution in [2.75, 3.05) is 23.4 Å². The molecule has 0 saturated carbocycles. The van der Waals surface area contributed by atoms with Gasteiger partial charge in [0.15, 0.2) is 0 Å². The first-order valence-corrected chi connectivity index (χ1v) is 7.28. The lowest BCUT2D eigenvalue weighted by Gasteiger charge is -2.12. The Morgan fingerprint density at radius 1 is 1.48 bits per heavy atom. The van der Waals surface area contributed by atoms with Gasteiger partial charge in [0.05, 0.1) is 12.2 Å². The molecule has 1 amide bonds. The smallest absolute Gasteiger partial charge is 0.398 e. The van der Waals surface area contributed by atoms with Crippen LogP contribution in [0.5, 0.6) is 0 Å². The summed E-state index contributed by atoms with van der Waals surface area (Å²) in [6.45, 7) is 1.83. The van der Waals surface area contributed by atoms with E-state index in [9.17, 15) is 18.0 Å². The van der Waals surface area contributed by atoms with Crippen LogP contribution in [0.15, 0.2) is 18.2 Å². The largest absolute Gasteiger partial charge is 0.418 e. The third-order valence-electron chi connectivity index (χ3n) is 2.63. The minimum absolute atomic E-state index is 0.0131. The number of benzene rings is 1. The second-order valence-electron chi connectivity index (χ2n) is 4.46. The Morgan fingerprint density at radius 3 is 2.71 bits per heavy atom. The number of nitrogens with two attached hydrogens (primary N) is 1. The fourth-order valence-electron chi connectivity index (χ4n) is 1.51. The Labute approximate surface area is 124 Å².